The Bertz CT molecular complexity index is 897. The molecule has 2 aromatic rings. The summed E-state index contributed by atoms with van der Waals surface area (Å²) in [7, 11) is 0. The molecule has 2 aromatic carbocycles. The Morgan fingerprint density at radius 3 is 1.79 bits per heavy atom. The van der Waals surface area contributed by atoms with E-state index in [1.54, 1.807) is 0 Å². The van der Waals surface area contributed by atoms with Gasteiger partial charge in [-0.2, -0.15) is 0 Å². The van der Waals surface area contributed by atoms with E-state index < -0.39 is 11.9 Å². The van der Waals surface area contributed by atoms with Gasteiger partial charge in [-0.1, -0.05) is 61.8 Å². The van der Waals surface area contributed by atoms with E-state index in [2.05, 4.69) is 0 Å². The van der Waals surface area contributed by atoms with E-state index in [-0.39, 0.29) is 17.0 Å². The number of benzene rings is 2. The van der Waals surface area contributed by atoms with Gasteiger partial charge in [0.05, 0.1) is 16.7 Å². The molecule has 0 radical (unpaired) electrons. The molecule has 0 saturated heterocycles. The van der Waals surface area contributed by atoms with Crippen LogP contribution in [0.2, 0.25) is 0 Å². The Labute approximate surface area is 173 Å². The number of nitrogens with zero attached hydrogens (tertiary/aromatic N) is 1. The lowest BCUT2D eigenvalue weighted by molar-refractivity contribution is 0.0651. The van der Waals surface area contributed by atoms with Crippen molar-refractivity contribution in [3.8, 4) is 0 Å². The van der Waals surface area contributed by atoms with Crippen LogP contribution in [-0.2, 0) is 0 Å². The minimum Gasteiger partial charge on any atom is -0.478 e. The summed E-state index contributed by atoms with van der Waals surface area (Å²) >= 11 is 5.46. The molecule has 1 saturated carbocycles. The van der Waals surface area contributed by atoms with E-state index >= 15 is 0 Å². The van der Waals surface area contributed by atoms with Crippen LogP contribution in [0.15, 0.2) is 48.5 Å². The number of amides is 1. The van der Waals surface area contributed by atoms with Crippen LogP contribution in [0.4, 0.5) is 0 Å². The molecule has 2 aliphatic rings. The Balaban J connectivity index is 0.000000177. The van der Waals surface area contributed by atoms with Gasteiger partial charge < -0.3 is 10.2 Å². The predicted octanol–water partition coefficient (Wildman–Crippen LogP) is 4.23. The molecule has 0 bridgehead atoms. The molecule has 150 valence electrons. The number of aromatic carboxylic acids is 2. The Morgan fingerprint density at radius 2 is 1.31 bits per heavy atom. The zero-order valence-electron chi connectivity index (χ0n) is 15.7. The van der Waals surface area contributed by atoms with Gasteiger partial charge in [0.25, 0.3) is 5.91 Å². The summed E-state index contributed by atoms with van der Waals surface area (Å²) in [6, 6.07) is 13.5. The van der Waals surface area contributed by atoms with Crippen molar-refractivity contribution in [1.82, 2.24) is 4.90 Å². The van der Waals surface area contributed by atoms with E-state index in [0.29, 0.717) is 6.04 Å². The summed E-state index contributed by atoms with van der Waals surface area (Å²) in [6.07, 6.45) is 5.92. The molecule has 2 N–H and O–H groups in total. The summed E-state index contributed by atoms with van der Waals surface area (Å²) in [5, 5.41) is 17.1. The number of hydrogen-bond donors (Lipinski definition) is 2. The van der Waals surface area contributed by atoms with E-state index in [1.807, 2.05) is 29.2 Å². The Kier molecular flexibility index (Phi) is 6.39. The number of hydrogen-bond acceptors (Lipinski definition) is 4. The van der Waals surface area contributed by atoms with Crippen LogP contribution >= 0.6 is 12.2 Å². The molecule has 1 fully saturated rings. The number of carbonyl (C=O) groups excluding carboxylic acids is 1. The highest BCUT2D eigenvalue weighted by molar-refractivity contribution is 7.80. The minimum absolute atomic E-state index is 0.109. The average molecular weight is 411 g/mol. The van der Waals surface area contributed by atoms with Gasteiger partial charge in [0.1, 0.15) is 4.99 Å². The molecule has 0 spiro atoms. The third-order valence-corrected chi connectivity index (χ3v) is 5.57. The molecule has 1 amide bonds. The maximum Gasteiger partial charge on any atom is 0.336 e. The third-order valence-electron chi connectivity index (χ3n) is 5.15. The van der Waals surface area contributed by atoms with Gasteiger partial charge in [0.15, 0.2) is 0 Å². The summed E-state index contributed by atoms with van der Waals surface area (Å²) in [5.41, 5.74) is 1.34. The van der Waals surface area contributed by atoms with Crippen molar-refractivity contribution in [3.05, 3.63) is 70.8 Å². The van der Waals surface area contributed by atoms with E-state index in [1.165, 1.54) is 43.5 Å². The summed E-state index contributed by atoms with van der Waals surface area (Å²) in [4.78, 5) is 35.9. The number of carboxylic acids is 2. The highest BCUT2D eigenvalue weighted by Crippen LogP contribution is 2.31. The highest BCUT2D eigenvalue weighted by atomic mass is 32.1. The van der Waals surface area contributed by atoms with Gasteiger partial charge in [-0.15, -0.1) is 0 Å². The molecule has 1 aliphatic heterocycles. The number of thiocarbonyl (C=S) groups is 1. The van der Waals surface area contributed by atoms with E-state index in [0.717, 1.165) is 29.0 Å². The standard InChI is InChI=1S/C14H15NOS.C8H6O4/c16-13-11-8-4-5-9-12(11)14(17)15(13)10-6-2-1-3-7-10;9-7(10)5-3-1-2-4-6(5)8(11)12/h4-5,8-10H,1-3,6-7H2;1-4H,(H,9,10)(H,11,12). The first-order valence-electron chi connectivity index (χ1n) is 9.44. The zero-order valence-corrected chi connectivity index (χ0v) is 16.5. The SMILES string of the molecule is O=C(O)c1ccccc1C(=O)O.O=C1c2ccccc2C(=S)N1C1CCCCC1. The first-order chi connectivity index (χ1) is 13.9. The van der Waals surface area contributed by atoms with Crippen LogP contribution in [0.1, 0.15) is 68.7 Å². The van der Waals surface area contributed by atoms with Crippen molar-refractivity contribution in [2.45, 2.75) is 38.1 Å². The van der Waals surface area contributed by atoms with Crippen molar-refractivity contribution in [2.75, 3.05) is 0 Å². The first-order valence-corrected chi connectivity index (χ1v) is 9.85. The van der Waals surface area contributed by atoms with Gasteiger partial charge in [-0.3, -0.25) is 9.69 Å². The van der Waals surface area contributed by atoms with Crippen molar-refractivity contribution in [3.63, 3.8) is 0 Å². The second kappa shape index (κ2) is 8.96. The van der Waals surface area contributed by atoms with Crippen LogP contribution in [0.25, 0.3) is 0 Å². The van der Waals surface area contributed by atoms with Gasteiger partial charge in [0, 0.05) is 11.6 Å². The van der Waals surface area contributed by atoms with Gasteiger partial charge in [-0.25, -0.2) is 9.59 Å². The molecular formula is C22H21NO5S. The number of carbonyl (C=O) groups is 3. The molecule has 4 rings (SSSR count). The van der Waals surface area contributed by atoms with Crippen LogP contribution in [0.5, 0.6) is 0 Å². The normalized spacial score (nSPS) is 16.1. The maximum atomic E-state index is 12.3. The summed E-state index contributed by atoms with van der Waals surface area (Å²) < 4.78 is 0. The smallest absolute Gasteiger partial charge is 0.336 e. The Hall–Kier alpha value is -3.06. The van der Waals surface area contributed by atoms with Crippen LogP contribution in [0, 0.1) is 0 Å². The zero-order chi connectivity index (χ0) is 21.0. The molecule has 7 heteroatoms. The Morgan fingerprint density at radius 1 is 0.828 bits per heavy atom. The van der Waals surface area contributed by atoms with Crippen molar-refractivity contribution in [2.24, 2.45) is 0 Å². The summed E-state index contributed by atoms with van der Waals surface area (Å²) in [5.74, 6) is -2.35. The third kappa shape index (κ3) is 4.35. The maximum absolute atomic E-state index is 12.3. The lowest BCUT2D eigenvalue weighted by Gasteiger charge is -2.30. The molecular weight excluding hydrogens is 390 g/mol. The molecule has 0 atom stereocenters. The second-order valence-corrected chi connectivity index (χ2v) is 7.36. The van der Waals surface area contributed by atoms with E-state index in [4.69, 9.17) is 22.4 Å². The fourth-order valence-corrected chi connectivity index (χ4v) is 4.14. The van der Waals surface area contributed by atoms with Gasteiger partial charge in [-0.05, 0) is 31.0 Å². The molecule has 0 aromatic heterocycles. The van der Waals surface area contributed by atoms with Crippen molar-refractivity contribution in [1.29, 1.82) is 0 Å². The quantitative estimate of drug-likeness (QED) is 0.734. The van der Waals surface area contributed by atoms with Gasteiger partial charge in [0.2, 0.25) is 0 Å². The molecule has 6 nitrogen and oxygen atoms in total. The van der Waals surface area contributed by atoms with Gasteiger partial charge >= 0.3 is 11.9 Å². The lowest BCUT2D eigenvalue weighted by atomic mass is 9.94. The predicted molar refractivity (Wildman–Crippen MR) is 112 cm³/mol. The molecule has 0 unspecified atom stereocenters. The van der Waals surface area contributed by atoms with Crippen LogP contribution in [-0.4, -0.2) is 44.0 Å². The lowest BCUT2D eigenvalue weighted by Crippen LogP contribution is -2.40. The van der Waals surface area contributed by atoms with E-state index in [9.17, 15) is 14.4 Å². The number of carboxylic acid groups (broad SMARTS) is 2. The molecule has 1 aliphatic carbocycles. The second-order valence-electron chi connectivity index (χ2n) is 6.97. The topological polar surface area (TPSA) is 94.9 Å². The van der Waals surface area contributed by atoms with Crippen molar-refractivity contribution < 1.29 is 24.6 Å². The number of rotatable bonds is 3. The van der Waals surface area contributed by atoms with Crippen LogP contribution < -0.4 is 0 Å². The minimum atomic E-state index is -1.23. The molecule has 29 heavy (non-hydrogen) atoms. The fourth-order valence-electron chi connectivity index (χ4n) is 3.73. The highest BCUT2D eigenvalue weighted by Gasteiger charge is 2.37. The molecule has 1 heterocycles. The summed E-state index contributed by atoms with van der Waals surface area (Å²) in [6.45, 7) is 0. The van der Waals surface area contributed by atoms with Crippen LogP contribution in [0.3, 0.4) is 0 Å². The number of fused-ring (bicyclic) bond motifs is 1. The fraction of sp³-hybridized carbons (Fsp3) is 0.273. The largest absolute Gasteiger partial charge is 0.478 e. The average Bonchev–Trinajstić information content (AvgIpc) is 2.99. The monoisotopic (exact) mass is 411 g/mol. The first kappa shape index (κ1) is 20.7. The van der Waals surface area contributed by atoms with Crippen molar-refractivity contribution >= 4 is 35.1 Å².